The van der Waals surface area contributed by atoms with Gasteiger partial charge >= 0.3 is 5.69 Å². The molecular weight excluding hydrogens is 358 g/mol. The maximum atomic E-state index is 12.8. The molecule has 0 saturated carbocycles. The zero-order chi connectivity index (χ0) is 19.8. The number of carbonyl (C=O) groups is 1. The fourth-order valence-electron chi connectivity index (χ4n) is 3.67. The van der Waals surface area contributed by atoms with Gasteiger partial charge in [-0.25, -0.2) is 14.8 Å². The molecule has 8 heteroatoms. The summed E-state index contributed by atoms with van der Waals surface area (Å²) in [5.74, 6) is -0.0354. The van der Waals surface area contributed by atoms with Gasteiger partial charge in [-0.2, -0.15) is 0 Å². The lowest BCUT2D eigenvalue weighted by Crippen LogP contribution is -2.44. The van der Waals surface area contributed by atoms with Crippen molar-refractivity contribution in [3.05, 3.63) is 68.8 Å². The number of pyridine rings is 2. The summed E-state index contributed by atoms with van der Waals surface area (Å²) < 4.78 is 2.22. The average Bonchev–Trinajstić information content (AvgIpc) is 2.74. The van der Waals surface area contributed by atoms with Crippen molar-refractivity contribution in [3.8, 4) is 0 Å². The van der Waals surface area contributed by atoms with Crippen molar-refractivity contribution < 1.29 is 4.79 Å². The summed E-state index contributed by atoms with van der Waals surface area (Å²) in [6.45, 7) is 1.10. The molecule has 28 heavy (non-hydrogen) atoms. The fraction of sp³-hybridized carbons (Fsp3) is 0.350. The standard InChI is InChI=1S/C20H21N5O3/c1-23-16(12-17(26)24(2)20(23)28)19(27)25-10-7-13(8-11-25)15-6-5-14-4-3-9-21-18(14)22-15/h3-6,9,12-13H,7-8,10-11H2,1-2H3. The van der Waals surface area contributed by atoms with E-state index < -0.39 is 11.2 Å². The van der Waals surface area contributed by atoms with E-state index in [1.54, 1.807) is 11.1 Å². The molecule has 1 aliphatic heterocycles. The van der Waals surface area contributed by atoms with Crippen LogP contribution in [0.25, 0.3) is 11.0 Å². The summed E-state index contributed by atoms with van der Waals surface area (Å²) in [7, 11) is 2.91. The predicted octanol–water partition coefficient (Wildman–Crippen LogP) is 1.05. The van der Waals surface area contributed by atoms with Crippen LogP contribution in [0.3, 0.4) is 0 Å². The van der Waals surface area contributed by atoms with Gasteiger partial charge in [-0.1, -0.05) is 0 Å². The molecule has 0 aromatic carbocycles. The van der Waals surface area contributed by atoms with Crippen molar-refractivity contribution in [2.45, 2.75) is 18.8 Å². The van der Waals surface area contributed by atoms with Gasteiger partial charge in [-0.3, -0.25) is 18.7 Å². The minimum atomic E-state index is -0.501. The van der Waals surface area contributed by atoms with E-state index in [0.717, 1.165) is 34.1 Å². The summed E-state index contributed by atoms with van der Waals surface area (Å²) in [5, 5.41) is 1.01. The molecule has 3 aromatic rings. The number of piperidine rings is 1. The van der Waals surface area contributed by atoms with Crippen LogP contribution in [-0.4, -0.2) is 43.0 Å². The molecule has 0 unspecified atom stereocenters. The van der Waals surface area contributed by atoms with Gasteiger partial charge in [0.05, 0.1) is 0 Å². The van der Waals surface area contributed by atoms with E-state index in [1.165, 1.54) is 24.7 Å². The lowest BCUT2D eigenvalue weighted by atomic mass is 9.92. The molecule has 0 N–H and O–H groups in total. The quantitative estimate of drug-likeness (QED) is 0.664. The number of hydrogen-bond donors (Lipinski definition) is 0. The Kier molecular flexibility index (Phi) is 4.54. The predicted molar refractivity (Wildman–Crippen MR) is 104 cm³/mol. The molecule has 0 atom stereocenters. The second-order valence-corrected chi connectivity index (χ2v) is 7.12. The summed E-state index contributed by atoms with van der Waals surface area (Å²) >= 11 is 0. The van der Waals surface area contributed by atoms with Gasteiger partial charge in [0.1, 0.15) is 5.69 Å². The molecule has 0 aliphatic carbocycles. The molecule has 144 valence electrons. The minimum Gasteiger partial charge on any atom is -0.337 e. The van der Waals surface area contributed by atoms with Gasteiger partial charge in [-0.15, -0.1) is 0 Å². The van der Waals surface area contributed by atoms with E-state index in [4.69, 9.17) is 0 Å². The van der Waals surface area contributed by atoms with Crippen LogP contribution in [0.1, 0.15) is 34.9 Å². The lowest BCUT2D eigenvalue weighted by Gasteiger charge is -2.32. The highest BCUT2D eigenvalue weighted by Gasteiger charge is 2.27. The number of fused-ring (bicyclic) bond motifs is 1. The van der Waals surface area contributed by atoms with Crippen molar-refractivity contribution in [2.24, 2.45) is 14.1 Å². The molecule has 1 amide bonds. The number of nitrogens with zero attached hydrogens (tertiary/aromatic N) is 5. The molecule has 0 spiro atoms. The van der Waals surface area contributed by atoms with Crippen LogP contribution in [-0.2, 0) is 14.1 Å². The third-order valence-electron chi connectivity index (χ3n) is 5.43. The number of likely N-dealkylation sites (tertiary alicyclic amines) is 1. The van der Waals surface area contributed by atoms with E-state index in [2.05, 4.69) is 9.97 Å². The van der Waals surface area contributed by atoms with Gasteiger partial charge in [-0.05, 0) is 37.1 Å². The molecule has 1 saturated heterocycles. The molecule has 0 radical (unpaired) electrons. The van der Waals surface area contributed by atoms with Crippen LogP contribution < -0.4 is 11.2 Å². The Morgan fingerprint density at radius 3 is 2.57 bits per heavy atom. The van der Waals surface area contributed by atoms with Crippen molar-refractivity contribution in [1.29, 1.82) is 0 Å². The molecule has 4 heterocycles. The van der Waals surface area contributed by atoms with E-state index >= 15 is 0 Å². The van der Waals surface area contributed by atoms with Crippen LogP contribution in [0.4, 0.5) is 0 Å². The number of amides is 1. The highest BCUT2D eigenvalue weighted by molar-refractivity contribution is 5.92. The van der Waals surface area contributed by atoms with Crippen LogP contribution in [0, 0.1) is 0 Å². The zero-order valence-corrected chi connectivity index (χ0v) is 15.8. The normalized spacial score (nSPS) is 15.1. The van der Waals surface area contributed by atoms with E-state index in [9.17, 15) is 14.4 Å². The van der Waals surface area contributed by atoms with Gasteiger partial charge < -0.3 is 4.90 Å². The van der Waals surface area contributed by atoms with Crippen LogP contribution >= 0.6 is 0 Å². The first-order valence-corrected chi connectivity index (χ1v) is 9.23. The Morgan fingerprint density at radius 1 is 1.07 bits per heavy atom. The Hall–Kier alpha value is -3.29. The van der Waals surface area contributed by atoms with Gasteiger partial charge in [0.25, 0.3) is 11.5 Å². The number of hydrogen-bond acceptors (Lipinski definition) is 5. The highest BCUT2D eigenvalue weighted by atomic mass is 16.2. The van der Waals surface area contributed by atoms with Crippen molar-refractivity contribution in [1.82, 2.24) is 24.0 Å². The highest BCUT2D eigenvalue weighted by Crippen LogP contribution is 2.28. The van der Waals surface area contributed by atoms with Gasteiger partial charge in [0, 0.05) is 56.4 Å². The van der Waals surface area contributed by atoms with Crippen LogP contribution in [0.2, 0.25) is 0 Å². The molecule has 3 aromatic heterocycles. The number of aromatic nitrogens is 4. The molecule has 4 rings (SSSR count). The fourth-order valence-corrected chi connectivity index (χ4v) is 3.67. The minimum absolute atomic E-state index is 0.125. The second-order valence-electron chi connectivity index (χ2n) is 7.12. The number of rotatable bonds is 2. The third-order valence-corrected chi connectivity index (χ3v) is 5.43. The Labute approximate surface area is 161 Å². The molecule has 8 nitrogen and oxygen atoms in total. The molecule has 1 fully saturated rings. The second kappa shape index (κ2) is 7.03. The summed E-state index contributed by atoms with van der Waals surface area (Å²) in [6.07, 6.45) is 3.28. The SMILES string of the molecule is Cn1c(C(=O)N2CCC(c3ccc4cccnc4n3)CC2)cc(=O)n(C)c1=O. The van der Waals surface area contributed by atoms with Gasteiger partial charge in [0.2, 0.25) is 0 Å². The topological polar surface area (TPSA) is 90.1 Å². The summed E-state index contributed by atoms with van der Waals surface area (Å²) in [5.41, 5.74) is 0.861. The summed E-state index contributed by atoms with van der Waals surface area (Å²) in [4.78, 5) is 47.5. The van der Waals surface area contributed by atoms with Gasteiger partial charge in [0.15, 0.2) is 5.65 Å². The van der Waals surface area contributed by atoms with E-state index in [0.29, 0.717) is 13.1 Å². The average molecular weight is 379 g/mol. The van der Waals surface area contributed by atoms with E-state index in [1.807, 2.05) is 24.3 Å². The first kappa shape index (κ1) is 18.1. The molecule has 1 aliphatic rings. The lowest BCUT2D eigenvalue weighted by molar-refractivity contribution is 0.0700. The zero-order valence-electron chi connectivity index (χ0n) is 15.8. The first-order chi connectivity index (χ1) is 13.5. The Bertz CT molecular complexity index is 1170. The van der Waals surface area contributed by atoms with Crippen molar-refractivity contribution in [3.63, 3.8) is 0 Å². The maximum absolute atomic E-state index is 12.8. The maximum Gasteiger partial charge on any atom is 0.331 e. The Balaban J connectivity index is 1.51. The number of carbonyl (C=O) groups excluding carboxylic acids is 1. The largest absolute Gasteiger partial charge is 0.337 e. The first-order valence-electron chi connectivity index (χ1n) is 9.23. The Morgan fingerprint density at radius 2 is 1.82 bits per heavy atom. The third kappa shape index (κ3) is 3.11. The molecular formula is C20H21N5O3. The molecule has 0 bridgehead atoms. The monoisotopic (exact) mass is 379 g/mol. The van der Waals surface area contributed by atoms with Crippen molar-refractivity contribution in [2.75, 3.05) is 13.1 Å². The smallest absolute Gasteiger partial charge is 0.331 e. The van der Waals surface area contributed by atoms with E-state index in [-0.39, 0.29) is 17.5 Å². The van der Waals surface area contributed by atoms with Crippen LogP contribution in [0.15, 0.2) is 46.1 Å². The van der Waals surface area contributed by atoms with Crippen LogP contribution in [0.5, 0.6) is 0 Å². The summed E-state index contributed by atoms with van der Waals surface area (Å²) in [6, 6.07) is 9.15. The van der Waals surface area contributed by atoms with Crippen molar-refractivity contribution >= 4 is 16.9 Å².